The van der Waals surface area contributed by atoms with E-state index in [9.17, 15) is 4.79 Å². The molecule has 1 aromatic heterocycles. The van der Waals surface area contributed by atoms with Crippen LogP contribution >= 0.6 is 11.3 Å². The Labute approximate surface area is 110 Å². The van der Waals surface area contributed by atoms with E-state index >= 15 is 0 Å². The molecule has 0 radical (unpaired) electrons. The van der Waals surface area contributed by atoms with E-state index in [1.54, 1.807) is 35.6 Å². The molecule has 2 aromatic rings. The SMILES string of the molecule is Cc1nc(N(C)c2ccc(C(=O)O)cc2)sc1C. The van der Waals surface area contributed by atoms with E-state index in [2.05, 4.69) is 4.98 Å². The summed E-state index contributed by atoms with van der Waals surface area (Å²) in [5.41, 5.74) is 2.25. The normalized spacial score (nSPS) is 10.4. The predicted octanol–water partition coefficient (Wildman–Crippen LogP) is 3.23. The van der Waals surface area contributed by atoms with Crippen LogP contribution in [0.25, 0.3) is 0 Å². The maximum Gasteiger partial charge on any atom is 0.335 e. The summed E-state index contributed by atoms with van der Waals surface area (Å²) in [6.45, 7) is 4.02. The van der Waals surface area contributed by atoms with Crippen LogP contribution in [0, 0.1) is 13.8 Å². The number of aromatic nitrogens is 1. The van der Waals surface area contributed by atoms with E-state index in [0.717, 1.165) is 16.5 Å². The largest absolute Gasteiger partial charge is 0.478 e. The number of nitrogens with zero attached hydrogens (tertiary/aromatic N) is 2. The van der Waals surface area contributed by atoms with Gasteiger partial charge in [-0.05, 0) is 38.1 Å². The topological polar surface area (TPSA) is 53.4 Å². The number of rotatable bonds is 3. The number of aromatic carboxylic acids is 1. The number of hydrogen-bond acceptors (Lipinski definition) is 4. The number of thiazole rings is 1. The molecule has 2 rings (SSSR count). The lowest BCUT2D eigenvalue weighted by Gasteiger charge is -2.15. The molecule has 0 atom stereocenters. The van der Waals surface area contributed by atoms with Gasteiger partial charge < -0.3 is 10.0 Å². The van der Waals surface area contributed by atoms with Crippen LogP contribution in [0.3, 0.4) is 0 Å². The summed E-state index contributed by atoms with van der Waals surface area (Å²) < 4.78 is 0. The van der Waals surface area contributed by atoms with Crippen molar-refractivity contribution in [2.75, 3.05) is 11.9 Å². The minimum atomic E-state index is -0.912. The number of anilines is 2. The van der Waals surface area contributed by atoms with Crippen molar-refractivity contribution >= 4 is 28.1 Å². The first kappa shape index (κ1) is 12.6. The minimum Gasteiger partial charge on any atom is -0.478 e. The third-order valence-electron chi connectivity index (χ3n) is 2.81. The van der Waals surface area contributed by atoms with Gasteiger partial charge in [0, 0.05) is 17.6 Å². The van der Waals surface area contributed by atoms with Crippen molar-refractivity contribution in [1.29, 1.82) is 0 Å². The van der Waals surface area contributed by atoms with E-state index in [1.807, 2.05) is 25.8 Å². The molecule has 0 aliphatic rings. The van der Waals surface area contributed by atoms with Crippen LogP contribution in [-0.4, -0.2) is 23.1 Å². The first-order valence-electron chi connectivity index (χ1n) is 5.50. The molecule has 18 heavy (non-hydrogen) atoms. The van der Waals surface area contributed by atoms with Gasteiger partial charge >= 0.3 is 5.97 Å². The molecule has 1 heterocycles. The molecule has 1 aromatic carbocycles. The number of benzene rings is 1. The Morgan fingerprint density at radius 1 is 1.28 bits per heavy atom. The van der Waals surface area contributed by atoms with Gasteiger partial charge in [0.1, 0.15) is 0 Å². The van der Waals surface area contributed by atoms with E-state index in [4.69, 9.17) is 5.11 Å². The Bertz CT molecular complexity index is 556. The van der Waals surface area contributed by atoms with Crippen molar-refractivity contribution in [1.82, 2.24) is 4.98 Å². The van der Waals surface area contributed by atoms with Gasteiger partial charge in [-0.3, -0.25) is 0 Å². The van der Waals surface area contributed by atoms with Gasteiger partial charge in [0.2, 0.25) is 0 Å². The zero-order valence-corrected chi connectivity index (χ0v) is 11.3. The molecular weight excluding hydrogens is 248 g/mol. The lowest BCUT2D eigenvalue weighted by molar-refractivity contribution is 0.0697. The van der Waals surface area contributed by atoms with Gasteiger partial charge in [0.05, 0.1) is 11.3 Å². The Kier molecular flexibility index (Phi) is 3.34. The molecule has 0 saturated carbocycles. The van der Waals surface area contributed by atoms with Crippen LogP contribution < -0.4 is 4.90 Å². The number of carboxylic acids is 1. The van der Waals surface area contributed by atoms with Crippen molar-refractivity contribution < 1.29 is 9.90 Å². The molecule has 0 amide bonds. The molecule has 0 fully saturated rings. The van der Waals surface area contributed by atoms with E-state index in [0.29, 0.717) is 5.56 Å². The number of carboxylic acid groups (broad SMARTS) is 1. The molecule has 1 N–H and O–H groups in total. The van der Waals surface area contributed by atoms with Crippen LogP contribution in [0.5, 0.6) is 0 Å². The molecule has 5 heteroatoms. The highest BCUT2D eigenvalue weighted by molar-refractivity contribution is 7.15. The van der Waals surface area contributed by atoms with E-state index in [1.165, 1.54) is 4.88 Å². The van der Waals surface area contributed by atoms with Gasteiger partial charge in [0.25, 0.3) is 0 Å². The Hall–Kier alpha value is -1.88. The van der Waals surface area contributed by atoms with Gasteiger partial charge in [-0.15, -0.1) is 11.3 Å². The predicted molar refractivity (Wildman–Crippen MR) is 73.1 cm³/mol. The summed E-state index contributed by atoms with van der Waals surface area (Å²) in [5.74, 6) is -0.912. The molecule has 94 valence electrons. The number of aryl methyl sites for hydroxylation is 2. The average Bonchev–Trinajstić information content (AvgIpc) is 2.69. The van der Waals surface area contributed by atoms with Crippen LogP contribution in [0.2, 0.25) is 0 Å². The van der Waals surface area contributed by atoms with Crippen molar-refractivity contribution in [2.45, 2.75) is 13.8 Å². The highest BCUT2D eigenvalue weighted by atomic mass is 32.1. The third kappa shape index (κ3) is 2.36. The second kappa shape index (κ2) is 4.78. The Morgan fingerprint density at radius 2 is 1.89 bits per heavy atom. The highest BCUT2D eigenvalue weighted by Crippen LogP contribution is 2.29. The van der Waals surface area contributed by atoms with Crippen LogP contribution in [0.4, 0.5) is 10.8 Å². The fraction of sp³-hybridized carbons (Fsp3) is 0.231. The van der Waals surface area contributed by atoms with Crippen LogP contribution in [0.1, 0.15) is 20.9 Å². The third-order valence-corrected chi connectivity index (χ3v) is 3.96. The molecule has 0 aliphatic heterocycles. The lowest BCUT2D eigenvalue weighted by Crippen LogP contribution is -2.09. The van der Waals surface area contributed by atoms with E-state index in [-0.39, 0.29) is 0 Å². The van der Waals surface area contributed by atoms with Crippen molar-refractivity contribution in [3.8, 4) is 0 Å². The second-order valence-electron chi connectivity index (χ2n) is 4.05. The Balaban J connectivity index is 2.28. The average molecular weight is 262 g/mol. The molecule has 0 aliphatic carbocycles. The summed E-state index contributed by atoms with van der Waals surface area (Å²) in [4.78, 5) is 18.4. The summed E-state index contributed by atoms with van der Waals surface area (Å²) in [5, 5.41) is 9.76. The standard InChI is InChI=1S/C13H14N2O2S/c1-8-9(2)18-13(14-8)15(3)11-6-4-10(5-7-11)12(16)17/h4-7H,1-3H3,(H,16,17). The quantitative estimate of drug-likeness (QED) is 0.922. The van der Waals surface area contributed by atoms with Crippen LogP contribution in [-0.2, 0) is 0 Å². The number of carbonyl (C=O) groups is 1. The zero-order chi connectivity index (χ0) is 13.3. The Morgan fingerprint density at radius 3 is 2.33 bits per heavy atom. The maximum absolute atomic E-state index is 10.8. The summed E-state index contributed by atoms with van der Waals surface area (Å²) in [6, 6.07) is 6.77. The summed E-state index contributed by atoms with van der Waals surface area (Å²) in [7, 11) is 1.92. The van der Waals surface area contributed by atoms with Crippen molar-refractivity contribution in [3.63, 3.8) is 0 Å². The van der Waals surface area contributed by atoms with Crippen LogP contribution in [0.15, 0.2) is 24.3 Å². The van der Waals surface area contributed by atoms with Crippen molar-refractivity contribution in [2.24, 2.45) is 0 Å². The van der Waals surface area contributed by atoms with E-state index < -0.39 is 5.97 Å². The molecule has 0 saturated heterocycles. The van der Waals surface area contributed by atoms with Gasteiger partial charge in [0.15, 0.2) is 5.13 Å². The molecule has 0 spiro atoms. The summed E-state index contributed by atoms with van der Waals surface area (Å²) >= 11 is 1.63. The maximum atomic E-state index is 10.8. The first-order chi connectivity index (χ1) is 8.49. The monoisotopic (exact) mass is 262 g/mol. The fourth-order valence-electron chi connectivity index (χ4n) is 1.54. The molecule has 0 bridgehead atoms. The minimum absolute atomic E-state index is 0.290. The summed E-state index contributed by atoms with van der Waals surface area (Å²) in [6.07, 6.45) is 0. The molecular formula is C13H14N2O2S. The van der Waals surface area contributed by atoms with Gasteiger partial charge in [-0.25, -0.2) is 9.78 Å². The highest BCUT2D eigenvalue weighted by Gasteiger charge is 2.11. The van der Waals surface area contributed by atoms with Crippen molar-refractivity contribution in [3.05, 3.63) is 40.4 Å². The smallest absolute Gasteiger partial charge is 0.335 e. The van der Waals surface area contributed by atoms with Gasteiger partial charge in [-0.1, -0.05) is 0 Å². The fourth-order valence-corrected chi connectivity index (χ4v) is 2.43. The lowest BCUT2D eigenvalue weighted by atomic mass is 10.2. The second-order valence-corrected chi connectivity index (χ2v) is 5.23. The first-order valence-corrected chi connectivity index (χ1v) is 6.32. The number of hydrogen-bond donors (Lipinski definition) is 1. The molecule has 4 nitrogen and oxygen atoms in total. The molecule has 0 unspecified atom stereocenters. The van der Waals surface area contributed by atoms with Gasteiger partial charge in [-0.2, -0.15) is 0 Å². The zero-order valence-electron chi connectivity index (χ0n) is 10.5.